The van der Waals surface area contributed by atoms with Crippen LogP contribution in [0.3, 0.4) is 0 Å². The van der Waals surface area contributed by atoms with Gasteiger partial charge in [-0.3, -0.25) is 4.98 Å². The maximum atomic E-state index is 12.6. The number of alkyl halides is 3. The fourth-order valence-electron chi connectivity index (χ4n) is 3.69. The first-order valence-corrected chi connectivity index (χ1v) is 10.5. The molecule has 11 heteroatoms. The van der Waals surface area contributed by atoms with Crippen molar-refractivity contribution < 1.29 is 32.9 Å². The van der Waals surface area contributed by atoms with Gasteiger partial charge in [0.25, 0.3) is 0 Å². The number of pyridine rings is 1. The van der Waals surface area contributed by atoms with Crippen molar-refractivity contribution in [1.29, 1.82) is 0 Å². The Kier molecular flexibility index (Phi) is 7.27. The van der Waals surface area contributed by atoms with Crippen molar-refractivity contribution in [2.24, 2.45) is 0 Å². The molecule has 32 heavy (non-hydrogen) atoms. The maximum Gasteiger partial charge on any atom is 0.573 e. The zero-order chi connectivity index (χ0) is 23.5. The average molecular weight is 471 g/mol. The number of rotatable bonds is 5. The summed E-state index contributed by atoms with van der Waals surface area (Å²) in [5, 5.41) is 21.3. The van der Waals surface area contributed by atoms with Crippen LogP contribution in [0.2, 0.25) is 0 Å². The van der Waals surface area contributed by atoms with Crippen molar-refractivity contribution in [3.63, 3.8) is 0 Å². The lowest BCUT2D eigenvalue weighted by atomic mass is 9.89. The van der Waals surface area contributed by atoms with Crippen LogP contribution in [0, 0.1) is 6.92 Å². The van der Waals surface area contributed by atoms with E-state index >= 15 is 0 Å². The zero-order valence-electron chi connectivity index (χ0n) is 17.4. The van der Waals surface area contributed by atoms with Gasteiger partial charge < -0.3 is 25.2 Å². The number of halogens is 3. The van der Waals surface area contributed by atoms with E-state index in [1.165, 1.54) is 12.1 Å². The largest absolute Gasteiger partial charge is 0.573 e. The highest BCUT2D eigenvalue weighted by atomic mass is 31.0. The van der Waals surface area contributed by atoms with Crippen LogP contribution in [0.15, 0.2) is 36.5 Å². The Labute approximate surface area is 185 Å². The molecule has 0 spiro atoms. The fraction of sp³-hybridized carbons (Fsp3) is 0.429. The Morgan fingerprint density at radius 3 is 2.47 bits per heavy atom. The minimum absolute atomic E-state index is 0.333. The van der Waals surface area contributed by atoms with E-state index in [-0.39, 0.29) is 23.5 Å². The Hall–Kier alpha value is -2.42. The van der Waals surface area contributed by atoms with Crippen LogP contribution in [0.25, 0.3) is 0 Å². The molecule has 0 radical (unpaired) electrons. The number of aryl methyl sites for hydroxylation is 1. The minimum atomic E-state index is -4.77. The summed E-state index contributed by atoms with van der Waals surface area (Å²) in [5.41, 5.74) is 2.66. The number of anilines is 1. The molecule has 2 atom stereocenters. The molecular weight excluding hydrogens is 446 g/mol. The van der Waals surface area contributed by atoms with Crippen LogP contribution >= 0.6 is 9.24 Å². The number of benzene rings is 1. The number of ether oxygens (including phenoxy) is 1. The molecule has 0 bridgehead atoms. The first kappa shape index (κ1) is 24.2. The maximum absolute atomic E-state index is 12.6. The summed E-state index contributed by atoms with van der Waals surface area (Å²) in [7, 11) is 2.83. The first-order valence-electron chi connectivity index (χ1n) is 9.97. The van der Waals surface area contributed by atoms with Crippen molar-refractivity contribution in [3.05, 3.63) is 53.3 Å². The van der Waals surface area contributed by atoms with Crippen molar-refractivity contribution >= 4 is 21.0 Å². The third-order valence-electron chi connectivity index (χ3n) is 5.41. The number of urea groups is 1. The lowest BCUT2D eigenvalue weighted by Gasteiger charge is -2.39. The smallest absolute Gasteiger partial charge is 0.406 e. The van der Waals surface area contributed by atoms with E-state index in [9.17, 15) is 23.1 Å². The molecule has 2 aromatic rings. The number of carbonyl (C=O) groups excluding carboxylic acids is 1. The molecule has 0 aliphatic carbocycles. The third-order valence-corrected chi connectivity index (χ3v) is 6.26. The highest BCUT2D eigenvalue weighted by Gasteiger charge is 2.36. The number of hydrogen-bond acceptors (Lipinski definition) is 5. The lowest BCUT2D eigenvalue weighted by Crippen LogP contribution is -2.45. The Bertz CT molecular complexity index is 948. The number of aromatic nitrogens is 1. The second-order valence-electron chi connectivity index (χ2n) is 7.78. The summed E-state index contributed by atoms with van der Waals surface area (Å²) in [5.74, 6) is -0.360. The van der Waals surface area contributed by atoms with Crippen molar-refractivity contribution in [3.8, 4) is 5.75 Å². The number of aliphatic hydroxyl groups is 2. The number of hydrogen-bond donors (Lipinski definition) is 3. The summed E-state index contributed by atoms with van der Waals surface area (Å²) < 4.78 is 40.6. The molecule has 0 saturated carbocycles. The van der Waals surface area contributed by atoms with Gasteiger partial charge in [0.2, 0.25) is 0 Å². The van der Waals surface area contributed by atoms with E-state index in [4.69, 9.17) is 5.11 Å². The van der Waals surface area contributed by atoms with Gasteiger partial charge in [-0.2, -0.15) is 0 Å². The molecule has 1 fully saturated rings. The van der Waals surface area contributed by atoms with Crippen LogP contribution < -0.4 is 10.1 Å². The van der Waals surface area contributed by atoms with Gasteiger partial charge in [0.15, 0.2) is 0 Å². The Morgan fingerprint density at radius 1 is 1.31 bits per heavy atom. The number of nitrogens with one attached hydrogen (secondary N) is 1. The molecule has 3 rings (SSSR count). The van der Waals surface area contributed by atoms with Gasteiger partial charge in [-0.15, -0.1) is 22.4 Å². The van der Waals surface area contributed by atoms with Crippen LogP contribution in [-0.4, -0.2) is 52.2 Å². The standard InChI is InChI=1S/C21H25F3N3O4P/c1-13-10-14(17(29)12-28)11-25-18(13)20(32)6-8-27(9-7-20)19(30)26-15-2-4-16(5-3-15)31-21(22,23)24/h2-5,10-11,17,28-29H,6-9,12,32H2,1H3,(H,26,30)/t17-/m1/s1. The van der Waals surface area contributed by atoms with E-state index in [1.807, 2.05) is 6.92 Å². The number of likely N-dealkylation sites (tertiary alicyclic amines) is 1. The zero-order valence-corrected chi connectivity index (χ0v) is 18.5. The van der Waals surface area contributed by atoms with Gasteiger partial charge in [-0.25, -0.2) is 4.79 Å². The second-order valence-corrected chi connectivity index (χ2v) is 8.88. The first-order chi connectivity index (χ1) is 15.0. The van der Waals surface area contributed by atoms with Crippen molar-refractivity contribution in [2.45, 2.75) is 37.4 Å². The quantitative estimate of drug-likeness (QED) is 0.578. The predicted octanol–water partition coefficient (Wildman–Crippen LogP) is 3.71. The summed E-state index contributed by atoms with van der Waals surface area (Å²) in [6, 6.07) is 6.43. The van der Waals surface area contributed by atoms with E-state index in [0.29, 0.717) is 37.2 Å². The summed E-state index contributed by atoms with van der Waals surface area (Å²) >= 11 is 0. The van der Waals surface area contributed by atoms with Gasteiger partial charge in [0.05, 0.1) is 12.3 Å². The Morgan fingerprint density at radius 2 is 1.94 bits per heavy atom. The van der Waals surface area contributed by atoms with Gasteiger partial charge in [-0.05, 0) is 49.6 Å². The molecule has 1 aliphatic rings. The van der Waals surface area contributed by atoms with Crippen molar-refractivity contribution in [1.82, 2.24) is 9.88 Å². The number of aliphatic hydroxyl groups excluding tert-OH is 2. The normalized spacial score (nSPS) is 17.0. The van der Waals surface area contributed by atoms with Crippen LogP contribution in [0.5, 0.6) is 5.75 Å². The van der Waals surface area contributed by atoms with Crippen LogP contribution in [-0.2, 0) is 5.16 Å². The number of piperidine rings is 1. The number of amides is 2. The van der Waals surface area contributed by atoms with Crippen molar-refractivity contribution in [2.75, 3.05) is 25.0 Å². The van der Waals surface area contributed by atoms with Crippen LogP contribution in [0.1, 0.15) is 35.8 Å². The molecule has 2 amide bonds. The molecule has 1 unspecified atom stereocenters. The minimum Gasteiger partial charge on any atom is -0.406 e. The Balaban J connectivity index is 1.59. The monoisotopic (exact) mass is 471 g/mol. The summed E-state index contributed by atoms with van der Waals surface area (Å²) in [4.78, 5) is 18.7. The topological polar surface area (TPSA) is 94.9 Å². The molecule has 1 aromatic heterocycles. The predicted molar refractivity (Wildman–Crippen MR) is 115 cm³/mol. The summed E-state index contributed by atoms with van der Waals surface area (Å²) in [6.07, 6.45) is -2.91. The van der Waals surface area contributed by atoms with E-state index in [0.717, 1.165) is 23.4 Å². The van der Waals surface area contributed by atoms with Gasteiger partial charge >= 0.3 is 12.4 Å². The van der Waals surface area contributed by atoms with Gasteiger partial charge in [-0.1, -0.05) is 6.07 Å². The molecule has 2 heterocycles. The highest BCUT2D eigenvalue weighted by Crippen LogP contribution is 2.42. The molecule has 174 valence electrons. The van der Waals surface area contributed by atoms with E-state index < -0.39 is 12.5 Å². The van der Waals surface area contributed by atoms with E-state index in [2.05, 4.69) is 24.3 Å². The molecule has 1 aliphatic heterocycles. The molecular formula is C21H25F3N3O4P. The third kappa shape index (κ3) is 5.88. The second kappa shape index (κ2) is 9.60. The van der Waals surface area contributed by atoms with E-state index in [1.54, 1.807) is 17.2 Å². The number of nitrogens with zero attached hydrogens (tertiary/aromatic N) is 2. The average Bonchev–Trinajstić information content (AvgIpc) is 2.73. The molecule has 3 N–H and O–H groups in total. The summed E-state index contributed by atoms with van der Waals surface area (Å²) in [6.45, 7) is 2.45. The SMILES string of the molecule is Cc1cc([C@H](O)CO)cnc1C1(P)CCN(C(=O)Nc2ccc(OC(F)(F)F)cc2)CC1. The van der Waals surface area contributed by atoms with Crippen LogP contribution in [0.4, 0.5) is 23.7 Å². The van der Waals surface area contributed by atoms with Gasteiger partial charge in [0.1, 0.15) is 11.9 Å². The van der Waals surface area contributed by atoms with Gasteiger partial charge in [0, 0.05) is 35.7 Å². The number of carbonyl (C=O) groups is 1. The fourth-order valence-corrected chi connectivity index (χ4v) is 4.25. The molecule has 7 nitrogen and oxygen atoms in total. The lowest BCUT2D eigenvalue weighted by molar-refractivity contribution is -0.274. The molecule has 1 aromatic carbocycles. The molecule has 1 saturated heterocycles. The highest BCUT2D eigenvalue weighted by molar-refractivity contribution is 7.18.